The first-order valence-electron chi connectivity index (χ1n) is 7.02. The Kier molecular flexibility index (Phi) is 5.51. The van der Waals surface area contributed by atoms with Crippen LogP contribution in [0.2, 0.25) is 0 Å². The van der Waals surface area contributed by atoms with Crippen LogP contribution in [-0.4, -0.2) is 35.1 Å². The second kappa shape index (κ2) is 7.79. The van der Waals surface area contributed by atoms with Gasteiger partial charge < -0.3 is 9.47 Å². The summed E-state index contributed by atoms with van der Waals surface area (Å²) in [5, 5.41) is 6.67. The average Bonchev–Trinajstić information content (AvgIpc) is 2.97. The normalized spacial score (nSPS) is 9.96. The highest BCUT2D eigenvalue weighted by molar-refractivity contribution is 5.98. The van der Waals surface area contributed by atoms with Crippen LogP contribution >= 0.6 is 0 Å². The molecule has 0 fully saturated rings. The monoisotopic (exact) mass is 315 g/mol. The molecule has 0 spiro atoms. The number of rotatable bonds is 6. The van der Waals surface area contributed by atoms with E-state index in [1.165, 1.54) is 17.0 Å². The first-order chi connectivity index (χ1) is 11.2. The van der Waals surface area contributed by atoms with E-state index in [1.807, 2.05) is 18.2 Å². The van der Waals surface area contributed by atoms with Crippen molar-refractivity contribution in [3.05, 3.63) is 54.7 Å². The molecule has 1 N–H and O–H groups in total. The van der Waals surface area contributed by atoms with Crippen LogP contribution < -0.4 is 5.32 Å². The number of carbonyl (C=O) groups is 2. The molecule has 0 radical (unpaired) electrons. The van der Waals surface area contributed by atoms with Crippen LogP contribution in [0.15, 0.2) is 49.2 Å². The maximum atomic E-state index is 12.0. The van der Waals surface area contributed by atoms with Gasteiger partial charge in [0.1, 0.15) is 12.2 Å². The lowest BCUT2D eigenvalue weighted by atomic mass is 10.3. The number of aromatic nitrogens is 2. The average molecular weight is 315 g/mol. The Labute approximate surface area is 133 Å². The molecule has 0 aliphatic heterocycles. The maximum Gasteiger partial charge on any atom is 0.413 e. The van der Waals surface area contributed by atoms with Gasteiger partial charge in [0.25, 0.3) is 0 Å². The van der Waals surface area contributed by atoms with Crippen LogP contribution in [-0.2, 0) is 9.47 Å². The van der Waals surface area contributed by atoms with Gasteiger partial charge in [0, 0.05) is 0 Å². The summed E-state index contributed by atoms with van der Waals surface area (Å²) in [6.45, 7) is 5.44. The Hall–Kier alpha value is -3.09. The van der Waals surface area contributed by atoms with Crippen LogP contribution in [0.1, 0.15) is 17.3 Å². The number of carbonyl (C=O) groups excluding carboxylic acids is 2. The van der Waals surface area contributed by atoms with Crippen LogP contribution in [0.4, 0.5) is 10.6 Å². The first-order valence-corrected chi connectivity index (χ1v) is 7.02. The lowest BCUT2D eigenvalue weighted by Gasteiger charge is -2.10. The third kappa shape index (κ3) is 3.97. The van der Waals surface area contributed by atoms with Crippen molar-refractivity contribution in [1.29, 1.82) is 0 Å². The summed E-state index contributed by atoms with van der Waals surface area (Å²) in [5.41, 5.74) is 0.827. The van der Waals surface area contributed by atoms with Gasteiger partial charge >= 0.3 is 12.1 Å². The number of amides is 1. The van der Waals surface area contributed by atoms with Crippen molar-refractivity contribution in [3.63, 3.8) is 0 Å². The van der Waals surface area contributed by atoms with Gasteiger partial charge in [0.2, 0.25) is 0 Å². The summed E-state index contributed by atoms with van der Waals surface area (Å²) < 4.78 is 11.3. The van der Waals surface area contributed by atoms with Gasteiger partial charge in [-0.15, -0.1) is 0 Å². The highest BCUT2D eigenvalue weighted by Crippen LogP contribution is 2.21. The van der Waals surface area contributed by atoms with Crippen molar-refractivity contribution in [1.82, 2.24) is 9.78 Å². The van der Waals surface area contributed by atoms with E-state index in [9.17, 15) is 9.59 Å². The van der Waals surface area contributed by atoms with E-state index in [-0.39, 0.29) is 24.6 Å². The maximum absolute atomic E-state index is 12.0. The van der Waals surface area contributed by atoms with Crippen molar-refractivity contribution in [2.45, 2.75) is 6.92 Å². The summed E-state index contributed by atoms with van der Waals surface area (Å²) in [5.74, 6) is -0.391. The van der Waals surface area contributed by atoms with Crippen LogP contribution in [0.5, 0.6) is 0 Å². The van der Waals surface area contributed by atoms with E-state index in [0.717, 1.165) is 0 Å². The lowest BCUT2D eigenvalue weighted by molar-refractivity contribution is 0.0527. The standard InChI is InChI=1S/C16H17N3O4/c1-3-10-23-16(21)18-14-13(15(20)22-4-2)11-17-19(14)12-8-6-5-7-9-12/h3,5-9,11H,1,4,10H2,2H3,(H,18,21). The summed E-state index contributed by atoms with van der Waals surface area (Å²) in [6, 6.07) is 9.08. The molecule has 0 unspecified atom stereocenters. The molecular weight excluding hydrogens is 298 g/mol. The van der Waals surface area contributed by atoms with Crippen molar-refractivity contribution < 1.29 is 19.1 Å². The summed E-state index contributed by atoms with van der Waals surface area (Å²) in [7, 11) is 0. The zero-order valence-corrected chi connectivity index (χ0v) is 12.7. The molecule has 1 aromatic carbocycles. The molecule has 7 heteroatoms. The predicted octanol–water partition coefficient (Wildman–Crippen LogP) is 2.78. The summed E-state index contributed by atoms with van der Waals surface area (Å²) in [4.78, 5) is 23.8. The number of benzene rings is 1. The molecule has 0 aliphatic rings. The van der Waals surface area contributed by atoms with Crippen molar-refractivity contribution in [2.75, 3.05) is 18.5 Å². The molecule has 2 rings (SSSR count). The van der Waals surface area contributed by atoms with E-state index in [2.05, 4.69) is 17.0 Å². The summed E-state index contributed by atoms with van der Waals surface area (Å²) in [6.07, 6.45) is 2.07. The Bertz CT molecular complexity index is 695. The van der Waals surface area contributed by atoms with E-state index in [1.54, 1.807) is 19.1 Å². The smallest absolute Gasteiger partial charge is 0.413 e. The third-order valence-electron chi connectivity index (χ3n) is 2.82. The minimum Gasteiger partial charge on any atom is -0.462 e. The van der Waals surface area contributed by atoms with Crippen molar-refractivity contribution in [2.24, 2.45) is 0 Å². The zero-order valence-electron chi connectivity index (χ0n) is 12.7. The molecule has 2 aromatic rings. The molecule has 1 aromatic heterocycles. The Morgan fingerprint density at radius 2 is 2.04 bits per heavy atom. The minimum absolute atomic E-state index is 0.0556. The first kappa shape index (κ1) is 16.3. The van der Waals surface area contributed by atoms with Gasteiger partial charge in [-0.2, -0.15) is 5.10 Å². The number of esters is 1. The number of ether oxygens (including phenoxy) is 2. The molecule has 7 nitrogen and oxygen atoms in total. The topological polar surface area (TPSA) is 82.4 Å². The highest BCUT2D eigenvalue weighted by Gasteiger charge is 2.21. The number of hydrogen-bond acceptors (Lipinski definition) is 5. The summed E-state index contributed by atoms with van der Waals surface area (Å²) >= 11 is 0. The second-order valence-corrected chi connectivity index (χ2v) is 4.39. The lowest BCUT2D eigenvalue weighted by Crippen LogP contribution is -2.19. The number of para-hydroxylation sites is 1. The second-order valence-electron chi connectivity index (χ2n) is 4.39. The van der Waals surface area contributed by atoms with Crippen molar-refractivity contribution in [3.8, 4) is 5.69 Å². The molecular formula is C16H17N3O4. The van der Waals surface area contributed by atoms with Gasteiger partial charge in [-0.05, 0) is 19.1 Å². The van der Waals surface area contributed by atoms with E-state index in [0.29, 0.717) is 5.69 Å². The fourth-order valence-corrected chi connectivity index (χ4v) is 1.86. The van der Waals surface area contributed by atoms with Crippen LogP contribution in [0.25, 0.3) is 5.69 Å². The SMILES string of the molecule is C=CCOC(=O)Nc1c(C(=O)OCC)cnn1-c1ccccc1. The zero-order chi connectivity index (χ0) is 16.7. The van der Waals surface area contributed by atoms with Gasteiger partial charge in [-0.25, -0.2) is 14.3 Å². The van der Waals surface area contributed by atoms with Gasteiger partial charge in [-0.3, -0.25) is 5.32 Å². The molecule has 23 heavy (non-hydrogen) atoms. The largest absolute Gasteiger partial charge is 0.462 e. The third-order valence-corrected chi connectivity index (χ3v) is 2.82. The van der Waals surface area contributed by atoms with E-state index >= 15 is 0 Å². The quantitative estimate of drug-likeness (QED) is 0.654. The molecule has 0 aliphatic carbocycles. The van der Waals surface area contributed by atoms with Gasteiger partial charge in [-0.1, -0.05) is 30.9 Å². The molecule has 0 saturated heterocycles. The number of hydrogen-bond donors (Lipinski definition) is 1. The molecule has 0 atom stereocenters. The van der Waals surface area contributed by atoms with Crippen LogP contribution in [0, 0.1) is 0 Å². The molecule has 1 amide bonds. The van der Waals surface area contributed by atoms with Gasteiger partial charge in [0.15, 0.2) is 5.82 Å². The Morgan fingerprint density at radius 3 is 2.70 bits per heavy atom. The van der Waals surface area contributed by atoms with Crippen LogP contribution in [0.3, 0.4) is 0 Å². The van der Waals surface area contributed by atoms with Gasteiger partial charge in [0.05, 0.1) is 18.5 Å². The number of anilines is 1. The Balaban J connectivity index is 2.37. The molecule has 1 heterocycles. The fourth-order valence-electron chi connectivity index (χ4n) is 1.86. The predicted molar refractivity (Wildman–Crippen MR) is 84.7 cm³/mol. The molecule has 120 valence electrons. The van der Waals surface area contributed by atoms with E-state index < -0.39 is 12.1 Å². The number of nitrogens with one attached hydrogen (secondary N) is 1. The fraction of sp³-hybridized carbons (Fsp3) is 0.188. The minimum atomic E-state index is -0.715. The van der Waals surface area contributed by atoms with Crippen molar-refractivity contribution >= 4 is 17.9 Å². The molecule has 0 bridgehead atoms. The van der Waals surface area contributed by atoms with E-state index in [4.69, 9.17) is 9.47 Å². The highest BCUT2D eigenvalue weighted by atomic mass is 16.5. The number of nitrogens with zero attached hydrogens (tertiary/aromatic N) is 2. The molecule has 0 saturated carbocycles. The Morgan fingerprint density at radius 1 is 1.30 bits per heavy atom.